The molecule has 3 N–H and O–H groups in total. The predicted octanol–water partition coefficient (Wildman–Crippen LogP) is 0.355. The van der Waals surface area contributed by atoms with E-state index in [1.807, 2.05) is 0 Å². The molecule has 1 rings (SSSR count). The molecule has 0 spiro atoms. The van der Waals surface area contributed by atoms with Crippen LogP contribution in [0.15, 0.2) is 0 Å². The van der Waals surface area contributed by atoms with Gasteiger partial charge in [-0.3, -0.25) is 4.79 Å². The molecule has 0 aliphatic heterocycles. The van der Waals surface area contributed by atoms with Gasteiger partial charge in [-0.1, -0.05) is 19.3 Å². The highest BCUT2D eigenvalue weighted by atomic mass is 16.4. The summed E-state index contributed by atoms with van der Waals surface area (Å²) in [4.78, 5) is 22.5. The van der Waals surface area contributed by atoms with Crippen LogP contribution in [0.1, 0.15) is 32.1 Å². The SMILES string of the molecule is CNCC(=O)N[C@H](C(=O)O)C1CCCCC1. The van der Waals surface area contributed by atoms with Gasteiger partial charge in [-0.05, 0) is 25.8 Å². The van der Waals surface area contributed by atoms with Crippen molar-refractivity contribution >= 4 is 11.9 Å². The van der Waals surface area contributed by atoms with Gasteiger partial charge in [0, 0.05) is 0 Å². The number of rotatable bonds is 5. The van der Waals surface area contributed by atoms with Crippen LogP contribution in [0.5, 0.6) is 0 Å². The van der Waals surface area contributed by atoms with Crippen molar-refractivity contribution in [1.82, 2.24) is 10.6 Å². The summed E-state index contributed by atoms with van der Waals surface area (Å²) >= 11 is 0. The zero-order valence-electron chi connectivity index (χ0n) is 9.66. The molecule has 1 fully saturated rings. The van der Waals surface area contributed by atoms with Crippen LogP contribution in [-0.2, 0) is 9.59 Å². The third kappa shape index (κ3) is 3.81. The fourth-order valence-electron chi connectivity index (χ4n) is 2.23. The van der Waals surface area contributed by atoms with E-state index in [2.05, 4.69) is 10.6 Å². The summed E-state index contributed by atoms with van der Waals surface area (Å²) in [6.07, 6.45) is 5.10. The molecule has 5 heteroatoms. The molecule has 0 aromatic carbocycles. The topological polar surface area (TPSA) is 78.4 Å². The van der Waals surface area contributed by atoms with Crippen LogP contribution in [0.2, 0.25) is 0 Å². The van der Waals surface area contributed by atoms with Crippen LogP contribution >= 0.6 is 0 Å². The van der Waals surface area contributed by atoms with Crippen LogP contribution in [0.4, 0.5) is 0 Å². The molecule has 1 atom stereocenters. The summed E-state index contributed by atoms with van der Waals surface area (Å²) in [7, 11) is 1.66. The lowest BCUT2D eigenvalue weighted by molar-refractivity contribution is -0.143. The Morgan fingerprint density at radius 3 is 2.44 bits per heavy atom. The van der Waals surface area contributed by atoms with Gasteiger partial charge in [0.25, 0.3) is 0 Å². The van der Waals surface area contributed by atoms with Gasteiger partial charge in [0.15, 0.2) is 0 Å². The molecule has 16 heavy (non-hydrogen) atoms. The Balaban J connectivity index is 2.52. The van der Waals surface area contributed by atoms with Crippen molar-refractivity contribution in [2.45, 2.75) is 38.1 Å². The average Bonchev–Trinajstić information content (AvgIpc) is 2.27. The molecule has 1 aliphatic carbocycles. The van der Waals surface area contributed by atoms with Crippen LogP contribution in [0, 0.1) is 5.92 Å². The number of carboxylic acid groups (broad SMARTS) is 1. The minimum atomic E-state index is -0.920. The zero-order chi connectivity index (χ0) is 12.0. The van der Waals surface area contributed by atoms with E-state index >= 15 is 0 Å². The third-order valence-corrected chi connectivity index (χ3v) is 3.04. The molecule has 0 saturated heterocycles. The molecule has 0 heterocycles. The number of carbonyl (C=O) groups excluding carboxylic acids is 1. The van der Waals surface area contributed by atoms with E-state index < -0.39 is 12.0 Å². The molecule has 5 nitrogen and oxygen atoms in total. The standard InChI is InChI=1S/C11H20N2O3/c1-12-7-9(14)13-10(11(15)16)8-5-3-2-4-6-8/h8,10,12H,2-7H2,1H3,(H,13,14)(H,15,16)/t10-/m0/s1. The fourth-order valence-corrected chi connectivity index (χ4v) is 2.23. The van der Waals surface area contributed by atoms with Crippen molar-refractivity contribution in [2.24, 2.45) is 5.92 Å². The number of amides is 1. The smallest absolute Gasteiger partial charge is 0.326 e. The van der Waals surface area contributed by atoms with E-state index in [0.29, 0.717) is 0 Å². The van der Waals surface area contributed by atoms with Gasteiger partial charge in [0.2, 0.25) is 5.91 Å². The molecule has 0 radical (unpaired) electrons. The number of nitrogens with one attached hydrogen (secondary N) is 2. The number of carbonyl (C=O) groups is 2. The molecule has 1 saturated carbocycles. The largest absolute Gasteiger partial charge is 0.480 e. The highest BCUT2D eigenvalue weighted by molar-refractivity contribution is 5.84. The molecule has 0 unspecified atom stereocenters. The van der Waals surface area contributed by atoms with Crippen LogP contribution in [0.3, 0.4) is 0 Å². The third-order valence-electron chi connectivity index (χ3n) is 3.04. The Hall–Kier alpha value is -1.10. The predicted molar refractivity (Wildman–Crippen MR) is 60.1 cm³/mol. The fraction of sp³-hybridized carbons (Fsp3) is 0.818. The number of hydrogen-bond acceptors (Lipinski definition) is 3. The lowest BCUT2D eigenvalue weighted by Gasteiger charge is -2.27. The quantitative estimate of drug-likeness (QED) is 0.634. The van der Waals surface area contributed by atoms with Gasteiger partial charge >= 0.3 is 5.97 Å². The lowest BCUT2D eigenvalue weighted by atomic mass is 9.84. The number of carboxylic acids is 1. The molecule has 0 aromatic heterocycles. The van der Waals surface area contributed by atoms with Crippen LogP contribution in [0.25, 0.3) is 0 Å². The Morgan fingerprint density at radius 1 is 1.31 bits per heavy atom. The number of aliphatic carboxylic acids is 1. The van der Waals surface area contributed by atoms with E-state index in [4.69, 9.17) is 5.11 Å². The summed E-state index contributed by atoms with van der Waals surface area (Å²) < 4.78 is 0. The minimum Gasteiger partial charge on any atom is -0.480 e. The first kappa shape index (κ1) is 13.0. The van der Waals surface area contributed by atoms with Crippen LogP contribution < -0.4 is 10.6 Å². The van der Waals surface area contributed by atoms with Gasteiger partial charge in [-0.25, -0.2) is 4.79 Å². The summed E-state index contributed by atoms with van der Waals surface area (Å²) in [6.45, 7) is 0.163. The Morgan fingerprint density at radius 2 is 1.94 bits per heavy atom. The monoisotopic (exact) mass is 228 g/mol. The maximum Gasteiger partial charge on any atom is 0.326 e. The van der Waals surface area contributed by atoms with Gasteiger partial charge < -0.3 is 15.7 Å². The van der Waals surface area contributed by atoms with E-state index in [1.165, 1.54) is 6.42 Å². The summed E-state index contributed by atoms with van der Waals surface area (Å²) in [5.74, 6) is -1.08. The first-order valence-corrected chi connectivity index (χ1v) is 5.82. The van der Waals surface area contributed by atoms with Gasteiger partial charge in [0.05, 0.1) is 6.54 Å². The van der Waals surface area contributed by atoms with E-state index in [0.717, 1.165) is 25.7 Å². The molecular formula is C11H20N2O3. The van der Waals surface area contributed by atoms with E-state index in [9.17, 15) is 9.59 Å². The van der Waals surface area contributed by atoms with Gasteiger partial charge in [-0.15, -0.1) is 0 Å². The maximum atomic E-state index is 11.4. The van der Waals surface area contributed by atoms with Crippen molar-refractivity contribution in [3.8, 4) is 0 Å². The Labute approximate surface area is 95.6 Å². The second kappa shape index (κ2) is 6.48. The first-order valence-electron chi connectivity index (χ1n) is 5.82. The second-order valence-corrected chi connectivity index (χ2v) is 4.31. The number of hydrogen-bond donors (Lipinski definition) is 3. The Bertz CT molecular complexity index is 248. The summed E-state index contributed by atoms with van der Waals surface area (Å²) in [5.41, 5.74) is 0. The minimum absolute atomic E-state index is 0.0899. The highest BCUT2D eigenvalue weighted by Gasteiger charge is 2.30. The Kier molecular flexibility index (Phi) is 5.25. The van der Waals surface area contributed by atoms with E-state index in [-0.39, 0.29) is 18.4 Å². The van der Waals surface area contributed by atoms with Gasteiger partial charge in [-0.2, -0.15) is 0 Å². The summed E-state index contributed by atoms with van der Waals surface area (Å²) in [5, 5.41) is 14.4. The molecule has 1 aliphatic rings. The zero-order valence-corrected chi connectivity index (χ0v) is 9.66. The highest BCUT2D eigenvalue weighted by Crippen LogP contribution is 2.26. The molecule has 92 valence electrons. The van der Waals surface area contributed by atoms with Crippen molar-refractivity contribution in [2.75, 3.05) is 13.6 Å². The molecular weight excluding hydrogens is 208 g/mol. The normalized spacial score (nSPS) is 19.1. The first-order chi connectivity index (χ1) is 7.65. The van der Waals surface area contributed by atoms with Crippen LogP contribution in [-0.4, -0.2) is 36.6 Å². The van der Waals surface area contributed by atoms with Crippen molar-refractivity contribution in [3.05, 3.63) is 0 Å². The lowest BCUT2D eigenvalue weighted by Crippen LogP contribution is -2.48. The van der Waals surface area contributed by atoms with Crippen molar-refractivity contribution < 1.29 is 14.7 Å². The number of likely N-dealkylation sites (N-methyl/N-ethyl adjacent to an activating group) is 1. The van der Waals surface area contributed by atoms with Crippen molar-refractivity contribution in [3.63, 3.8) is 0 Å². The van der Waals surface area contributed by atoms with E-state index in [1.54, 1.807) is 7.05 Å². The molecule has 1 amide bonds. The second-order valence-electron chi connectivity index (χ2n) is 4.31. The van der Waals surface area contributed by atoms with Gasteiger partial charge in [0.1, 0.15) is 6.04 Å². The summed E-state index contributed by atoms with van der Waals surface area (Å²) in [6, 6.07) is -0.721. The molecule has 0 bridgehead atoms. The average molecular weight is 228 g/mol. The molecule has 0 aromatic rings. The maximum absolute atomic E-state index is 11.4. The van der Waals surface area contributed by atoms with Crippen molar-refractivity contribution in [1.29, 1.82) is 0 Å².